The monoisotopic (exact) mass is 530 g/mol. The van der Waals surface area contributed by atoms with Crippen molar-refractivity contribution in [1.29, 1.82) is 0 Å². The molecule has 2 heterocycles. The van der Waals surface area contributed by atoms with Crippen LogP contribution < -0.4 is 5.32 Å². The lowest BCUT2D eigenvalue weighted by atomic mass is 10.2. The zero-order chi connectivity index (χ0) is 20.6. The number of aryl methyl sites for hydroxylation is 1. The number of hydrogen-bond acceptors (Lipinski definition) is 5. The summed E-state index contributed by atoms with van der Waals surface area (Å²) >= 11 is 12.6. The summed E-state index contributed by atoms with van der Waals surface area (Å²) in [6, 6.07) is 4.19. The molecule has 0 saturated carbocycles. The highest BCUT2D eigenvalue weighted by molar-refractivity contribution is 9.11. The number of non-ortho nitro benzene ring substituents is 1. The summed E-state index contributed by atoms with van der Waals surface area (Å²) in [5, 5.41) is 22.8. The molecule has 2 aromatic heterocycles. The first-order chi connectivity index (χ1) is 13.2. The molecule has 0 saturated heterocycles. The van der Waals surface area contributed by atoms with Gasteiger partial charge < -0.3 is 5.32 Å². The quantitative estimate of drug-likeness (QED) is 0.383. The molecular weight excluding hydrogens is 519 g/mol. The molecule has 0 atom stereocenters. The van der Waals surface area contributed by atoms with E-state index in [0.717, 1.165) is 11.4 Å². The van der Waals surface area contributed by atoms with Gasteiger partial charge >= 0.3 is 0 Å². The Morgan fingerprint density at radius 1 is 1.29 bits per heavy atom. The zero-order valence-corrected chi connectivity index (χ0v) is 18.5. The van der Waals surface area contributed by atoms with Crippen molar-refractivity contribution < 1.29 is 9.72 Å². The number of rotatable bonds is 5. The molecule has 1 aromatic carbocycles. The minimum Gasteiger partial charge on any atom is -0.319 e. The van der Waals surface area contributed by atoms with Crippen LogP contribution in [0.15, 0.2) is 33.3 Å². The number of benzene rings is 1. The van der Waals surface area contributed by atoms with E-state index in [-0.39, 0.29) is 11.4 Å². The van der Waals surface area contributed by atoms with E-state index < -0.39 is 10.8 Å². The second kappa shape index (κ2) is 8.02. The van der Waals surface area contributed by atoms with E-state index in [0.29, 0.717) is 26.3 Å². The Morgan fingerprint density at radius 3 is 2.46 bits per heavy atom. The van der Waals surface area contributed by atoms with Crippen molar-refractivity contribution in [2.45, 2.75) is 20.5 Å². The van der Waals surface area contributed by atoms with E-state index in [1.54, 1.807) is 21.6 Å². The van der Waals surface area contributed by atoms with E-state index >= 15 is 0 Å². The molecule has 0 bridgehead atoms. The predicted molar refractivity (Wildman–Crippen MR) is 111 cm³/mol. The fourth-order valence-corrected chi connectivity index (χ4v) is 3.97. The number of carbonyl (C=O) groups excluding carboxylic acids is 1. The average molecular weight is 533 g/mol. The second-order valence-electron chi connectivity index (χ2n) is 5.86. The molecule has 1 N–H and O–H groups in total. The van der Waals surface area contributed by atoms with Crippen LogP contribution in [-0.4, -0.2) is 30.4 Å². The molecular formula is C16H13Br2ClN6O3. The number of aromatic nitrogens is 4. The van der Waals surface area contributed by atoms with Crippen molar-refractivity contribution in [3.05, 3.63) is 65.6 Å². The molecule has 3 rings (SSSR count). The van der Waals surface area contributed by atoms with E-state index in [1.165, 1.54) is 12.1 Å². The van der Waals surface area contributed by atoms with Crippen molar-refractivity contribution in [3.63, 3.8) is 0 Å². The number of nitrogens with zero attached hydrogens (tertiary/aromatic N) is 5. The summed E-state index contributed by atoms with van der Waals surface area (Å²) in [7, 11) is 0. The maximum atomic E-state index is 12.5. The maximum absolute atomic E-state index is 12.5. The lowest BCUT2D eigenvalue weighted by Gasteiger charge is -2.09. The minimum absolute atomic E-state index is 0.107. The van der Waals surface area contributed by atoms with Crippen LogP contribution in [0.1, 0.15) is 21.9 Å². The third kappa shape index (κ3) is 4.10. The molecule has 0 aliphatic rings. The lowest BCUT2D eigenvalue weighted by molar-refractivity contribution is -0.385. The molecule has 146 valence electrons. The summed E-state index contributed by atoms with van der Waals surface area (Å²) in [6.07, 6.45) is 1.65. The third-order valence-corrected chi connectivity index (χ3v) is 5.72. The Bertz CT molecular complexity index is 1070. The molecule has 0 radical (unpaired) electrons. The number of carbonyl (C=O) groups is 1. The molecule has 0 spiro atoms. The van der Waals surface area contributed by atoms with Gasteiger partial charge in [-0.1, -0.05) is 11.6 Å². The SMILES string of the molecule is Cc1nn(Cn2ccc(C(=O)Nc3c(Br)cc([N+](=O)[O-])cc3Br)n2)c(C)c1Cl. The van der Waals surface area contributed by atoms with E-state index in [1.807, 2.05) is 13.8 Å². The number of nitro benzene ring substituents is 1. The Labute approximate surface area is 181 Å². The van der Waals surface area contributed by atoms with Crippen LogP contribution in [-0.2, 0) is 6.67 Å². The predicted octanol–water partition coefficient (Wildman–Crippen LogP) is 4.54. The number of nitrogens with one attached hydrogen (secondary N) is 1. The first kappa shape index (κ1) is 20.5. The smallest absolute Gasteiger partial charge is 0.276 e. The summed E-state index contributed by atoms with van der Waals surface area (Å²) < 4.78 is 4.00. The highest BCUT2D eigenvalue weighted by atomic mass is 79.9. The Kier molecular flexibility index (Phi) is 5.87. The normalized spacial score (nSPS) is 10.9. The van der Waals surface area contributed by atoms with Gasteiger partial charge in [-0.2, -0.15) is 10.2 Å². The fraction of sp³-hybridized carbons (Fsp3) is 0.188. The van der Waals surface area contributed by atoms with E-state index in [4.69, 9.17) is 11.6 Å². The fourth-order valence-electron chi connectivity index (χ4n) is 2.47. The van der Waals surface area contributed by atoms with Gasteiger partial charge in [0, 0.05) is 27.3 Å². The van der Waals surface area contributed by atoms with Gasteiger partial charge in [0.1, 0.15) is 6.67 Å². The van der Waals surface area contributed by atoms with Crippen molar-refractivity contribution in [2.75, 3.05) is 5.32 Å². The summed E-state index contributed by atoms with van der Waals surface area (Å²) in [5.41, 5.74) is 1.97. The number of amides is 1. The molecule has 9 nitrogen and oxygen atoms in total. The molecule has 12 heteroatoms. The van der Waals surface area contributed by atoms with Crippen LogP contribution in [0, 0.1) is 24.0 Å². The van der Waals surface area contributed by atoms with Crippen LogP contribution in [0.25, 0.3) is 0 Å². The van der Waals surface area contributed by atoms with Crippen LogP contribution in [0.5, 0.6) is 0 Å². The van der Waals surface area contributed by atoms with Gasteiger partial charge in [-0.3, -0.25) is 19.6 Å². The molecule has 0 aliphatic heterocycles. The van der Waals surface area contributed by atoms with Crippen molar-refractivity contribution in [1.82, 2.24) is 19.6 Å². The minimum atomic E-state index is -0.520. The summed E-state index contributed by atoms with van der Waals surface area (Å²) in [5.74, 6) is -0.458. The second-order valence-corrected chi connectivity index (χ2v) is 7.95. The Hall–Kier alpha value is -2.24. The largest absolute Gasteiger partial charge is 0.319 e. The first-order valence-electron chi connectivity index (χ1n) is 7.85. The van der Waals surface area contributed by atoms with E-state index in [9.17, 15) is 14.9 Å². The van der Waals surface area contributed by atoms with E-state index in [2.05, 4.69) is 47.4 Å². The van der Waals surface area contributed by atoms with Gasteiger partial charge in [0.15, 0.2) is 5.69 Å². The van der Waals surface area contributed by atoms with Gasteiger partial charge in [0.05, 0.1) is 27.0 Å². The van der Waals surface area contributed by atoms with Gasteiger partial charge in [-0.25, -0.2) is 4.68 Å². The molecule has 0 unspecified atom stereocenters. The lowest BCUT2D eigenvalue weighted by Crippen LogP contribution is -2.16. The molecule has 0 fully saturated rings. The van der Waals surface area contributed by atoms with Crippen LogP contribution in [0.3, 0.4) is 0 Å². The number of anilines is 1. The molecule has 28 heavy (non-hydrogen) atoms. The maximum Gasteiger partial charge on any atom is 0.276 e. The van der Waals surface area contributed by atoms with Gasteiger partial charge in [-0.05, 0) is 51.8 Å². The highest BCUT2D eigenvalue weighted by Crippen LogP contribution is 2.35. The topological polar surface area (TPSA) is 108 Å². The highest BCUT2D eigenvalue weighted by Gasteiger charge is 2.18. The standard InChI is InChI=1S/C16H13Br2ClN6O3/c1-8-14(19)9(2)24(21-8)7-23-4-3-13(22-23)16(26)20-15-11(17)5-10(25(27)28)6-12(15)18/h3-6H,7H2,1-2H3,(H,20,26). The Morgan fingerprint density at radius 2 is 1.93 bits per heavy atom. The van der Waals surface area contributed by atoms with Crippen LogP contribution in [0.4, 0.5) is 11.4 Å². The van der Waals surface area contributed by atoms with Crippen molar-refractivity contribution >= 4 is 60.7 Å². The van der Waals surface area contributed by atoms with Crippen LogP contribution >= 0.6 is 43.5 Å². The average Bonchev–Trinajstić information content (AvgIpc) is 3.19. The number of halogens is 3. The number of nitro groups is 1. The summed E-state index contributed by atoms with van der Waals surface area (Å²) in [6.45, 7) is 3.97. The first-order valence-corrected chi connectivity index (χ1v) is 9.81. The van der Waals surface area contributed by atoms with Crippen LogP contribution in [0.2, 0.25) is 5.02 Å². The molecule has 3 aromatic rings. The van der Waals surface area contributed by atoms with Gasteiger partial charge in [0.2, 0.25) is 0 Å². The zero-order valence-electron chi connectivity index (χ0n) is 14.6. The number of hydrogen-bond donors (Lipinski definition) is 1. The van der Waals surface area contributed by atoms with Gasteiger partial charge in [-0.15, -0.1) is 0 Å². The van der Waals surface area contributed by atoms with Crippen molar-refractivity contribution in [2.24, 2.45) is 0 Å². The molecule has 0 aliphatic carbocycles. The Balaban J connectivity index is 1.78. The van der Waals surface area contributed by atoms with Crippen molar-refractivity contribution in [3.8, 4) is 0 Å². The third-order valence-electron chi connectivity index (χ3n) is 3.92. The summed E-state index contributed by atoms with van der Waals surface area (Å²) in [4.78, 5) is 22.9. The molecule has 1 amide bonds. The van der Waals surface area contributed by atoms with Gasteiger partial charge in [0.25, 0.3) is 11.6 Å².